The maximum absolute atomic E-state index is 7.48. The molecule has 2 atom stereocenters. The fourth-order valence-corrected chi connectivity index (χ4v) is 8.66. The molecule has 6 rings (SSSR count). The first kappa shape index (κ1) is 34.1. The zero-order chi connectivity index (χ0) is 34.1. The van der Waals surface area contributed by atoms with Crippen LogP contribution in [0, 0.1) is 0 Å². The van der Waals surface area contributed by atoms with Gasteiger partial charge in [-0.2, -0.15) is 0 Å². The Morgan fingerprint density at radius 2 is 0.776 bits per heavy atom. The Morgan fingerprint density at radius 1 is 0.429 bits per heavy atom. The third kappa shape index (κ3) is 9.20. The van der Waals surface area contributed by atoms with Gasteiger partial charge in [-0.05, 0) is 46.5 Å². The van der Waals surface area contributed by atoms with Crippen LogP contribution in [0.15, 0.2) is 158 Å². The number of hydrogen-bond donors (Lipinski definition) is 0. The first-order chi connectivity index (χ1) is 23.7. The van der Waals surface area contributed by atoms with Crippen molar-refractivity contribution >= 4 is 29.4 Å². The molecule has 244 valence electrons. The van der Waals surface area contributed by atoms with Gasteiger partial charge in [0.15, 0.2) is 0 Å². The number of nitrogens with zero attached hydrogens (tertiary/aromatic N) is 2. The van der Waals surface area contributed by atoms with Crippen molar-refractivity contribution in [1.82, 2.24) is 9.97 Å². The number of benzene rings is 4. The van der Waals surface area contributed by atoms with Gasteiger partial charge in [-0.1, -0.05) is 147 Å². The molecule has 2 aromatic heterocycles. The lowest BCUT2D eigenvalue weighted by atomic mass is 9.97. The van der Waals surface area contributed by atoms with Gasteiger partial charge in [0.1, 0.15) is 23.7 Å². The normalized spacial score (nSPS) is 13.0. The van der Waals surface area contributed by atoms with Gasteiger partial charge in [-0.25, -0.2) is 9.97 Å². The maximum Gasteiger partial charge on any atom is 0.219 e. The molecule has 0 aliphatic heterocycles. The summed E-state index contributed by atoms with van der Waals surface area (Å²) in [4.78, 5) is 10.2. The summed E-state index contributed by atoms with van der Waals surface area (Å²) in [6, 6.07) is 52.6. The van der Waals surface area contributed by atoms with Gasteiger partial charge in [-0.3, -0.25) is 0 Å². The van der Waals surface area contributed by atoms with Gasteiger partial charge in [0.25, 0.3) is 0 Å². The molecule has 0 aliphatic carbocycles. The quantitative estimate of drug-likeness (QED) is 0.108. The lowest BCUT2D eigenvalue weighted by Gasteiger charge is -2.41. The second-order valence-corrected chi connectivity index (χ2v) is 17.2. The Hall–Kier alpha value is -4.83. The fraction of sp³-hybridized carbons (Fsp3) is 0.190. The molecule has 2 heterocycles. The summed E-state index contributed by atoms with van der Waals surface area (Å²) < 4.78 is 19.9. The summed E-state index contributed by atoms with van der Waals surface area (Å²) in [7, 11) is 0.903. The zero-order valence-corrected chi connectivity index (χ0v) is 30.3. The lowest BCUT2D eigenvalue weighted by Crippen LogP contribution is -2.37. The van der Waals surface area contributed by atoms with Crippen LogP contribution in [-0.2, 0) is 4.74 Å². The standard InChI is InChI=1S/C42H40N2O3Si2/c1-41(2,48-33-23-13-7-14-24-33)39(35-27-17-29-37(43-35)45-31-19-9-5-10-20-31)47-40(42(3,4)49-34-25-15-8-16-26-34)36-28-18-30-38(44-36)46-32-21-11-6-12-22-32/h5-30,39-40H,1-4H3. The average molecular weight is 677 g/mol. The molecule has 7 heteroatoms. The molecule has 0 spiro atoms. The largest absolute Gasteiger partial charge is 0.439 e. The van der Waals surface area contributed by atoms with E-state index in [0.717, 1.165) is 22.9 Å². The van der Waals surface area contributed by atoms with E-state index in [2.05, 4.69) is 88.4 Å². The third-order valence-corrected chi connectivity index (χ3v) is 11.1. The van der Waals surface area contributed by atoms with Crippen LogP contribution in [0.4, 0.5) is 0 Å². The second-order valence-electron chi connectivity index (χ2n) is 13.0. The van der Waals surface area contributed by atoms with Crippen LogP contribution in [0.1, 0.15) is 51.3 Å². The van der Waals surface area contributed by atoms with Crippen LogP contribution in [0.2, 0.25) is 10.1 Å². The van der Waals surface area contributed by atoms with Crippen LogP contribution >= 0.6 is 0 Å². The first-order valence-corrected chi connectivity index (χ1v) is 18.5. The molecule has 6 aromatic rings. The highest BCUT2D eigenvalue weighted by Gasteiger charge is 2.42. The molecule has 0 amide bonds. The van der Waals surface area contributed by atoms with Crippen molar-refractivity contribution in [2.75, 3.05) is 0 Å². The van der Waals surface area contributed by atoms with E-state index in [1.807, 2.05) is 97.1 Å². The van der Waals surface area contributed by atoms with Crippen LogP contribution in [-0.4, -0.2) is 29.0 Å². The Balaban J connectivity index is 1.42. The number of pyridine rings is 2. The van der Waals surface area contributed by atoms with E-state index in [1.54, 1.807) is 0 Å². The molecule has 0 aliphatic rings. The Labute approximate surface area is 295 Å². The second kappa shape index (κ2) is 15.6. The average Bonchev–Trinajstić information content (AvgIpc) is 3.10. The number of para-hydroxylation sites is 2. The number of hydrogen-bond acceptors (Lipinski definition) is 5. The molecular weight excluding hydrogens is 637 g/mol. The highest BCUT2D eigenvalue weighted by Crippen LogP contribution is 2.50. The Bertz CT molecular complexity index is 1770. The molecule has 4 aromatic carbocycles. The molecule has 49 heavy (non-hydrogen) atoms. The minimum atomic E-state index is -0.407. The summed E-state index contributed by atoms with van der Waals surface area (Å²) in [6.07, 6.45) is -0.814. The third-order valence-electron chi connectivity index (χ3n) is 8.02. The van der Waals surface area contributed by atoms with E-state index in [9.17, 15) is 0 Å². The van der Waals surface area contributed by atoms with Crippen molar-refractivity contribution in [2.45, 2.75) is 50.0 Å². The van der Waals surface area contributed by atoms with Crippen LogP contribution in [0.5, 0.6) is 23.3 Å². The predicted octanol–water partition coefficient (Wildman–Crippen LogP) is 9.32. The smallest absolute Gasteiger partial charge is 0.219 e. The number of rotatable bonds is 14. The van der Waals surface area contributed by atoms with Crippen molar-refractivity contribution in [1.29, 1.82) is 0 Å². The van der Waals surface area contributed by atoms with Crippen molar-refractivity contribution in [3.05, 3.63) is 169 Å². The van der Waals surface area contributed by atoms with E-state index < -0.39 is 12.2 Å². The molecule has 0 N–H and O–H groups in total. The van der Waals surface area contributed by atoms with Crippen molar-refractivity contribution in [2.24, 2.45) is 0 Å². The summed E-state index contributed by atoms with van der Waals surface area (Å²) in [6.45, 7) is 9.06. The summed E-state index contributed by atoms with van der Waals surface area (Å²) in [5.41, 5.74) is 1.62. The zero-order valence-electron chi connectivity index (χ0n) is 28.3. The fourth-order valence-electron chi connectivity index (χ4n) is 5.76. The van der Waals surface area contributed by atoms with E-state index in [0.29, 0.717) is 30.8 Å². The molecular formula is C42H40N2O3Si2. The van der Waals surface area contributed by atoms with E-state index in [1.165, 1.54) is 10.4 Å². The minimum Gasteiger partial charge on any atom is -0.439 e. The number of aromatic nitrogens is 2. The highest BCUT2D eigenvalue weighted by atomic mass is 28.2. The lowest BCUT2D eigenvalue weighted by molar-refractivity contribution is -0.0568. The van der Waals surface area contributed by atoms with Crippen LogP contribution in [0.3, 0.4) is 0 Å². The molecule has 0 saturated heterocycles. The molecule has 0 saturated carbocycles. The summed E-state index contributed by atoms with van der Waals surface area (Å²) in [5.74, 6) is 2.51. The van der Waals surface area contributed by atoms with E-state index in [-0.39, 0.29) is 10.1 Å². The number of ether oxygens (including phenoxy) is 3. The Morgan fingerprint density at radius 3 is 1.14 bits per heavy atom. The molecule has 5 nitrogen and oxygen atoms in total. The van der Waals surface area contributed by atoms with Gasteiger partial charge in [-0.15, -0.1) is 0 Å². The topological polar surface area (TPSA) is 53.5 Å². The van der Waals surface area contributed by atoms with Gasteiger partial charge in [0.05, 0.1) is 30.4 Å². The van der Waals surface area contributed by atoms with Crippen molar-refractivity contribution < 1.29 is 14.2 Å². The molecule has 4 radical (unpaired) electrons. The van der Waals surface area contributed by atoms with Gasteiger partial charge >= 0.3 is 0 Å². The molecule has 0 bridgehead atoms. The van der Waals surface area contributed by atoms with Gasteiger partial charge < -0.3 is 14.2 Å². The first-order valence-electron chi connectivity index (χ1n) is 16.5. The van der Waals surface area contributed by atoms with Crippen molar-refractivity contribution in [3.63, 3.8) is 0 Å². The highest BCUT2D eigenvalue weighted by molar-refractivity contribution is 6.57. The SMILES string of the molecule is CC(C)([Si]c1ccccc1)C(OC(c1cccc(Oc2ccccc2)n1)C(C)(C)[Si]c1ccccc1)c1cccc(Oc2ccccc2)n1. The van der Waals surface area contributed by atoms with Crippen LogP contribution < -0.4 is 19.8 Å². The van der Waals surface area contributed by atoms with Gasteiger partial charge in [0, 0.05) is 12.1 Å². The summed E-state index contributed by atoms with van der Waals surface area (Å²) in [5, 5.41) is 1.83. The van der Waals surface area contributed by atoms with Crippen molar-refractivity contribution in [3.8, 4) is 23.3 Å². The minimum absolute atomic E-state index is 0.345. The molecule has 0 fully saturated rings. The maximum atomic E-state index is 7.48. The molecule has 2 unspecified atom stereocenters. The monoisotopic (exact) mass is 676 g/mol. The van der Waals surface area contributed by atoms with Gasteiger partial charge in [0.2, 0.25) is 11.8 Å². The summed E-state index contributed by atoms with van der Waals surface area (Å²) >= 11 is 0. The van der Waals surface area contributed by atoms with E-state index in [4.69, 9.17) is 24.2 Å². The Kier molecular flexibility index (Phi) is 10.8. The van der Waals surface area contributed by atoms with Crippen LogP contribution in [0.25, 0.3) is 0 Å². The van der Waals surface area contributed by atoms with E-state index >= 15 is 0 Å². The predicted molar refractivity (Wildman–Crippen MR) is 200 cm³/mol.